The summed E-state index contributed by atoms with van der Waals surface area (Å²) in [7, 11) is 0. The van der Waals surface area contributed by atoms with Gasteiger partial charge in [-0.15, -0.1) is 10.2 Å². The number of carbonyl (C=O) groups excluding carboxylic acids is 1. The molecule has 2 aliphatic rings. The largest absolute Gasteiger partial charge is 0.342 e. The van der Waals surface area contributed by atoms with E-state index in [1.807, 2.05) is 23.1 Å². The SMILES string of the molecule is C[C@H]1CCCN(C(=O)CSc2nnc(N3CCCCC3)n2-c2ccccc2)C1. The maximum atomic E-state index is 12.7. The summed E-state index contributed by atoms with van der Waals surface area (Å²) in [5, 5.41) is 9.77. The predicted molar refractivity (Wildman–Crippen MR) is 113 cm³/mol. The van der Waals surface area contributed by atoms with E-state index in [9.17, 15) is 4.79 Å². The smallest absolute Gasteiger partial charge is 0.233 e. The fraction of sp³-hybridized carbons (Fsp3) is 0.571. The van der Waals surface area contributed by atoms with Crippen molar-refractivity contribution in [1.29, 1.82) is 0 Å². The number of aromatic nitrogens is 3. The monoisotopic (exact) mass is 399 g/mol. The fourth-order valence-electron chi connectivity index (χ4n) is 4.09. The number of anilines is 1. The summed E-state index contributed by atoms with van der Waals surface area (Å²) in [4.78, 5) is 17.0. The van der Waals surface area contributed by atoms with Gasteiger partial charge in [-0.1, -0.05) is 36.9 Å². The van der Waals surface area contributed by atoms with Gasteiger partial charge >= 0.3 is 0 Å². The third kappa shape index (κ3) is 4.35. The number of likely N-dealkylation sites (tertiary alicyclic amines) is 1. The molecular weight excluding hydrogens is 370 g/mol. The standard InChI is InChI=1S/C21H29N5OS/c1-17-9-8-14-25(15-17)19(27)16-28-21-23-22-20(24-12-6-3-7-13-24)26(21)18-10-4-2-5-11-18/h2,4-5,10-11,17H,3,6-9,12-16H2,1H3/t17-/m0/s1. The van der Waals surface area contributed by atoms with E-state index in [4.69, 9.17) is 0 Å². The molecule has 2 aliphatic heterocycles. The number of piperidine rings is 2. The molecule has 6 nitrogen and oxygen atoms in total. The molecule has 28 heavy (non-hydrogen) atoms. The number of hydrogen-bond acceptors (Lipinski definition) is 5. The van der Waals surface area contributed by atoms with E-state index >= 15 is 0 Å². The van der Waals surface area contributed by atoms with Crippen LogP contribution in [0.15, 0.2) is 35.5 Å². The number of amides is 1. The fourth-order valence-corrected chi connectivity index (χ4v) is 4.94. The summed E-state index contributed by atoms with van der Waals surface area (Å²) in [6.45, 7) is 6.02. The molecule has 4 rings (SSSR count). The molecular formula is C21H29N5OS. The summed E-state index contributed by atoms with van der Waals surface area (Å²) < 4.78 is 2.11. The van der Waals surface area contributed by atoms with E-state index in [-0.39, 0.29) is 5.91 Å². The Hall–Kier alpha value is -2.02. The number of nitrogens with zero attached hydrogens (tertiary/aromatic N) is 5. The van der Waals surface area contributed by atoms with E-state index < -0.39 is 0 Å². The molecule has 1 atom stereocenters. The Morgan fingerprint density at radius 2 is 1.86 bits per heavy atom. The highest BCUT2D eigenvalue weighted by Gasteiger charge is 2.24. The summed E-state index contributed by atoms with van der Waals surface area (Å²) in [6, 6.07) is 10.2. The molecule has 0 bridgehead atoms. The molecule has 0 unspecified atom stereocenters. The normalized spacial score (nSPS) is 20.4. The van der Waals surface area contributed by atoms with Crippen molar-refractivity contribution in [3.8, 4) is 5.69 Å². The maximum absolute atomic E-state index is 12.7. The van der Waals surface area contributed by atoms with Gasteiger partial charge < -0.3 is 9.80 Å². The van der Waals surface area contributed by atoms with Crippen LogP contribution in [-0.2, 0) is 4.79 Å². The first-order valence-corrected chi connectivity index (χ1v) is 11.4. The van der Waals surface area contributed by atoms with Gasteiger partial charge in [0, 0.05) is 26.2 Å². The zero-order valence-corrected chi connectivity index (χ0v) is 17.4. The van der Waals surface area contributed by atoms with Crippen LogP contribution < -0.4 is 4.90 Å². The minimum atomic E-state index is 0.207. The first-order chi connectivity index (χ1) is 13.7. The lowest BCUT2D eigenvalue weighted by Gasteiger charge is -2.30. The van der Waals surface area contributed by atoms with Crippen LogP contribution in [0.4, 0.5) is 5.95 Å². The van der Waals surface area contributed by atoms with Crippen LogP contribution in [0.25, 0.3) is 5.69 Å². The van der Waals surface area contributed by atoms with Crippen LogP contribution in [0.2, 0.25) is 0 Å². The van der Waals surface area contributed by atoms with Crippen molar-refractivity contribution >= 4 is 23.6 Å². The van der Waals surface area contributed by atoms with Gasteiger partial charge in [0.05, 0.1) is 11.4 Å². The van der Waals surface area contributed by atoms with Gasteiger partial charge in [-0.25, -0.2) is 0 Å². The van der Waals surface area contributed by atoms with Gasteiger partial charge in [0.1, 0.15) is 0 Å². The molecule has 2 fully saturated rings. The highest BCUT2D eigenvalue weighted by molar-refractivity contribution is 7.99. The molecule has 1 amide bonds. The van der Waals surface area contributed by atoms with Gasteiger partial charge in [-0.05, 0) is 50.2 Å². The second-order valence-electron chi connectivity index (χ2n) is 7.88. The van der Waals surface area contributed by atoms with Gasteiger partial charge in [0.25, 0.3) is 0 Å². The van der Waals surface area contributed by atoms with E-state index in [0.717, 1.165) is 49.4 Å². The summed E-state index contributed by atoms with van der Waals surface area (Å²) in [5.74, 6) is 2.12. The molecule has 1 aromatic carbocycles. The molecule has 0 radical (unpaired) electrons. The molecule has 150 valence electrons. The Bertz CT molecular complexity index is 787. The third-order valence-corrected chi connectivity index (χ3v) is 6.52. The van der Waals surface area contributed by atoms with Crippen molar-refractivity contribution in [2.75, 3.05) is 36.8 Å². The first kappa shape index (κ1) is 19.3. The summed E-state index contributed by atoms with van der Waals surface area (Å²) in [5.41, 5.74) is 1.05. The van der Waals surface area contributed by atoms with Gasteiger partial charge in [-0.2, -0.15) is 0 Å². The average Bonchev–Trinajstić information content (AvgIpc) is 3.17. The van der Waals surface area contributed by atoms with Crippen LogP contribution in [0.3, 0.4) is 0 Å². The molecule has 0 N–H and O–H groups in total. The molecule has 0 spiro atoms. The lowest BCUT2D eigenvalue weighted by Crippen LogP contribution is -2.40. The van der Waals surface area contributed by atoms with Crippen molar-refractivity contribution in [2.45, 2.75) is 44.2 Å². The second-order valence-corrected chi connectivity index (χ2v) is 8.82. The van der Waals surface area contributed by atoms with Crippen molar-refractivity contribution in [2.24, 2.45) is 5.92 Å². The second kappa shape index (κ2) is 8.99. The van der Waals surface area contributed by atoms with Gasteiger partial charge in [-0.3, -0.25) is 9.36 Å². The van der Waals surface area contributed by atoms with Crippen molar-refractivity contribution < 1.29 is 4.79 Å². The molecule has 1 aromatic heterocycles. The molecule has 7 heteroatoms. The number of thioether (sulfide) groups is 1. The third-order valence-electron chi connectivity index (χ3n) is 5.60. The lowest BCUT2D eigenvalue weighted by molar-refractivity contribution is -0.130. The van der Waals surface area contributed by atoms with Gasteiger partial charge in [0.2, 0.25) is 11.9 Å². The van der Waals surface area contributed by atoms with Gasteiger partial charge in [0.15, 0.2) is 5.16 Å². The molecule has 2 aromatic rings. The van der Waals surface area contributed by atoms with Crippen molar-refractivity contribution in [3.05, 3.63) is 30.3 Å². The van der Waals surface area contributed by atoms with E-state index in [0.29, 0.717) is 11.7 Å². The zero-order chi connectivity index (χ0) is 19.3. The van der Waals surface area contributed by atoms with Crippen LogP contribution in [0.5, 0.6) is 0 Å². The highest BCUT2D eigenvalue weighted by atomic mass is 32.2. The molecule has 0 saturated carbocycles. The van der Waals surface area contributed by atoms with Crippen molar-refractivity contribution in [3.63, 3.8) is 0 Å². The Morgan fingerprint density at radius 3 is 2.61 bits per heavy atom. The Balaban J connectivity index is 1.53. The number of carbonyl (C=O) groups is 1. The Labute approximate surface area is 171 Å². The van der Waals surface area contributed by atoms with Crippen LogP contribution in [-0.4, -0.2) is 57.5 Å². The quantitative estimate of drug-likeness (QED) is 0.719. The predicted octanol–water partition coefficient (Wildman–Crippen LogP) is 3.61. The highest BCUT2D eigenvalue weighted by Crippen LogP contribution is 2.28. The van der Waals surface area contributed by atoms with Crippen LogP contribution in [0.1, 0.15) is 39.0 Å². The van der Waals surface area contributed by atoms with Crippen molar-refractivity contribution in [1.82, 2.24) is 19.7 Å². The van der Waals surface area contributed by atoms with Crippen LogP contribution in [0, 0.1) is 5.92 Å². The molecule has 3 heterocycles. The lowest BCUT2D eigenvalue weighted by atomic mass is 10.0. The minimum absolute atomic E-state index is 0.207. The maximum Gasteiger partial charge on any atom is 0.233 e. The average molecular weight is 400 g/mol. The number of benzene rings is 1. The zero-order valence-electron chi connectivity index (χ0n) is 16.6. The Kier molecular flexibility index (Phi) is 6.20. The minimum Gasteiger partial charge on any atom is -0.342 e. The van der Waals surface area contributed by atoms with Crippen LogP contribution >= 0.6 is 11.8 Å². The summed E-state index contributed by atoms with van der Waals surface area (Å²) >= 11 is 1.50. The topological polar surface area (TPSA) is 54.3 Å². The Morgan fingerprint density at radius 1 is 1.07 bits per heavy atom. The van der Waals surface area contributed by atoms with E-state index in [1.54, 1.807) is 0 Å². The summed E-state index contributed by atoms with van der Waals surface area (Å²) in [6.07, 6.45) is 5.99. The van der Waals surface area contributed by atoms with E-state index in [2.05, 4.69) is 38.7 Å². The number of hydrogen-bond donors (Lipinski definition) is 0. The first-order valence-electron chi connectivity index (χ1n) is 10.4. The molecule has 0 aliphatic carbocycles. The molecule has 2 saturated heterocycles. The number of para-hydroxylation sites is 1. The van der Waals surface area contributed by atoms with E-state index in [1.165, 1.54) is 37.4 Å². The number of rotatable bonds is 5.